The molecule has 0 radical (unpaired) electrons. The molecule has 456 valence electrons. The van der Waals surface area contributed by atoms with Crippen LogP contribution in [0.3, 0.4) is 0 Å². The molecule has 1 saturated heterocycles. The van der Waals surface area contributed by atoms with E-state index < -0.39 is 0 Å². The van der Waals surface area contributed by atoms with Crippen LogP contribution in [0.4, 0.5) is 0 Å². The van der Waals surface area contributed by atoms with Crippen molar-refractivity contribution in [1.82, 2.24) is 19.6 Å². The van der Waals surface area contributed by atoms with Crippen molar-refractivity contribution >= 4 is 23.5 Å². The van der Waals surface area contributed by atoms with Crippen molar-refractivity contribution in [1.29, 1.82) is 0 Å². The molecule has 6 unspecified atom stereocenters. The normalized spacial score (nSPS) is 17.4. The minimum Gasteiger partial charge on any atom is -0.392 e. The lowest BCUT2D eigenvalue weighted by Gasteiger charge is -2.46. The van der Waals surface area contributed by atoms with Gasteiger partial charge in [-0.2, -0.15) is 23.5 Å². The number of hydrogen-bond acceptors (Lipinski definition) is 11. The second kappa shape index (κ2) is 55.9. The third-order valence-corrected chi connectivity index (χ3v) is 18.4. The third kappa shape index (κ3) is 44.9. The van der Waals surface area contributed by atoms with E-state index in [0.29, 0.717) is 31.1 Å². The maximum absolute atomic E-state index is 11.3. The number of rotatable bonds is 60. The zero-order chi connectivity index (χ0) is 55.4. The smallest absolute Gasteiger partial charge is 0.0667 e. The molecule has 76 heavy (non-hydrogen) atoms. The van der Waals surface area contributed by atoms with Crippen LogP contribution < -0.4 is 0 Å². The first-order chi connectivity index (χ1) is 37.2. The molecule has 6 atom stereocenters. The van der Waals surface area contributed by atoms with Crippen LogP contribution in [0.15, 0.2) is 0 Å². The Hall–Kier alpha value is 0.340. The highest BCUT2D eigenvalue weighted by molar-refractivity contribution is 7.99. The molecule has 0 aromatic carbocycles. The quantitative estimate of drug-likeness (QED) is 0.0509. The Bertz CT molecular complexity index is 1030. The fourth-order valence-corrected chi connectivity index (χ4v) is 13.6. The Kier molecular flexibility index (Phi) is 54.6. The first kappa shape index (κ1) is 74.4. The molecule has 1 aliphatic heterocycles. The van der Waals surface area contributed by atoms with Crippen LogP contribution in [-0.4, -0.2) is 181 Å². The van der Waals surface area contributed by atoms with Gasteiger partial charge in [-0.3, -0.25) is 19.6 Å². The molecule has 0 spiro atoms. The first-order valence-electron chi connectivity index (χ1n) is 33.3. The summed E-state index contributed by atoms with van der Waals surface area (Å²) >= 11 is 4.11. The molecule has 1 heterocycles. The molecule has 3 N–H and O–H groups in total. The van der Waals surface area contributed by atoms with Gasteiger partial charge in [0.1, 0.15) is 0 Å². The van der Waals surface area contributed by atoms with Crippen molar-refractivity contribution in [3.05, 3.63) is 0 Å². The minimum absolute atomic E-state index is 0.223. The molecule has 9 nitrogen and oxygen atoms in total. The Morgan fingerprint density at radius 2 is 0.671 bits per heavy atom. The maximum Gasteiger partial charge on any atom is 0.0667 e. The highest BCUT2D eigenvalue weighted by atomic mass is 32.2. The summed E-state index contributed by atoms with van der Waals surface area (Å²) in [6, 6.07) is 0.725. The molecular formula is C65H134N4O5S2. The summed E-state index contributed by atoms with van der Waals surface area (Å²) in [6.07, 6.45) is 45.1. The summed E-state index contributed by atoms with van der Waals surface area (Å²) in [7, 11) is 3.70. The third-order valence-electron chi connectivity index (χ3n) is 16.5. The van der Waals surface area contributed by atoms with E-state index in [1.54, 1.807) is 0 Å². The summed E-state index contributed by atoms with van der Waals surface area (Å²) in [4.78, 5) is 10.3. The number of hydrogen-bond donors (Lipinski definition) is 3. The van der Waals surface area contributed by atoms with Gasteiger partial charge in [-0.15, -0.1) is 0 Å². The van der Waals surface area contributed by atoms with Crippen LogP contribution in [-0.2, 0) is 9.47 Å². The van der Waals surface area contributed by atoms with Gasteiger partial charge in [0, 0.05) is 115 Å². The topological polar surface area (TPSA) is 92.1 Å². The van der Waals surface area contributed by atoms with Gasteiger partial charge in [-0.05, 0) is 31.6 Å². The van der Waals surface area contributed by atoms with E-state index in [2.05, 4.69) is 66.0 Å². The number of methoxy groups -OCH3 is 2. The molecule has 11 heteroatoms. The van der Waals surface area contributed by atoms with Crippen LogP contribution in [0.2, 0.25) is 0 Å². The zero-order valence-corrected chi connectivity index (χ0v) is 53.6. The van der Waals surface area contributed by atoms with E-state index in [4.69, 9.17) is 9.47 Å². The van der Waals surface area contributed by atoms with Gasteiger partial charge in [-0.25, -0.2) is 0 Å². The number of aliphatic hydroxyl groups excluding tert-OH is 3. The van der Waals surface area contributed by atoms with E-state index in [1.807, 2.05) is 26.0 Å². The number of thioether (sulfide) groups is 2. The summed E-state index contributed by atoms with van der Waals surface area (Å²) in [6.45, 7) is 22.4. The summed E-state index contributed by atoms with van der Waals surface area (Å²) < 4.78 is 11.7. The molecule has 0 bridgehead atoms. The summed E-state index contributed by atoms with van der Waals surface area (Å²) in [5, 5.41) is 33.6. The van der Waals surface area contributed by atoms with Crippen LogP contribution in [0, 0.1) is 5.92 Å². The fourth-order valence-electron chi connectivity index (χ4n) is 11.7. The van der Waals surface area contributed by atoms with Crippen LogP contribution in [0.25, 0.3) is 0 Å². The maximum atomic E-state index is 11.3. The van der Waals surface area contributed by atoms with E-state index in [1.165, 1.54) is 193 Å². The number of unbranched alkanes of at least 4 members (excludes halogenated alkanes) is 28. The Morgan fingerprint density at radius 1 is 0.395 bits per heavy atom. The molecule has 1 aliphatic rings. The second-order valence-corrected chi connectivity index (χ2v) is 26.5. The summed E-state index contributed by atoms with van der Waals surface area (Å²) in [5.41, 5.74) is 0. The van der Waals surface area contributed by atoms with Crippen molar-refractivity contribution in [2.24, 2.45) is 5.92 Å². The van der Waals surface area contributed by atoms with E-state index in [9.17, 15) is 15.3 Å². The van der Waals surface area contributed by atoms with E-state index >= 15 is 0 Å². The highest BCUT2D eigenvalue weighted by Gasteiger charge is 2.33. The van der Waals surface area contributed by atoms with E-state index in [0.717, 1.165) is 127 Å². The SMILES string of the molecule is CCCCCCCCCCC(C)CN(CCSCCN1CC(COC)N(CCSCCN(CC(O)CCCCCCCCCC)CC(O)CCCCCCCCCC)CC1COC)CC(O)CCCCCCCCCC. The highest BCUT2D eigenvalue weighted by Crippen LogP contribution is 2.21. The van der Waals surface area contributed by atoms with Crippen molar-refractivity contribution in [3.63, 3.8) is 0 Å². The van der Waals surface area contributed by atoms with Crippen molar-refractivity contribution in [2.45, 2.75) is 296 Å². The zero-order valence-electron chi connectivity index (χ0n) is 52.0. The van der Waals surface area contributed by atoms with Crippen molar-refractivity contribution in [2.75, 3.05) is 116 Å². The van der Waals surface area contributed by atoms with Crippen LogP contribution in [0.1, 0.15) is 266 Å². The van der Waals surface area contributed by atoms with Crippen molar-refractivity contribution < 1.29 is 24.8 Å². The molecular weight excluding hydrogens is 981 g/mol. The van der Waals surface area contributed by atoms with Gasteiger partial charge in [0.05, 0.1) is 31.5 Å². The molecule has 0 aromatic heterocycles. The molecule has 0 amide bonds. The van der Waals surface area contributed by atoms with Crippen LogP contribution in [0.5, 0.6) is 0 Å². The number of ether oxygens (including phenoxy) is 2. The van der Waals surface area contributed by atoms with Gasteiger partial charge < -0.3 is 24.8 Å². The van der Waals surface area contributed by atoms with Crippen molar-refractivity contribution in [3.8, 4) is 0 Å². The van der Waals surface area contributed by atoms with E-state index in [-0.39, 0.29) is 18.3 Å². The Balaban J connectivity index is 2.72. The lowest BCUT2D eigenvalue weighted by Crippen LogP contribution is -2.61. The second-order valence-electron chi connectivity index (χ2n) is 24.1. The number of piperazine rings is 1. The van der Waals surface area contributed by atoms with Gasteiger partial charge in [0.25, 0.3) is 0 Å². The Labute approximate surface area is 483 Å². The predicted octanol–water partition coefficient (Wildman–Crippen LogP) is 15.5. The standard InChI is InChI=1S/C65H134N4O5S2/c1-8-12-16-20-24-28-32-36-40-60(5)52-66(55-63(70)41-37-33-29-25-21-17-13-9-2)44-48-75-50-46-68-53-62(59-74-7)69(54-61(68)58-73-6)47-51-76-49-45-67(56-64(71)42-38-34-30-26-22-18-14-10-3)57-65(72)43-39-35-31-27-23-19-15-11-4/h60-65,70-72H,8-59H2,1-7H3. The lowest BCUT2D eigenvalue weighted by atomic mass is 10.0. The monoisotopic (exact) mass is 1110 g/mol. The molecule has 1 fully saturated rings. The van der Waals surface area contributed by atoms with Crippen LogP contribution >= 0.6 is 23.5 Å². The van der Waals surface area contributed by atoms with Gasteiger partial charge in [0.15, 0.2) is 0 Å². The number of nitrogens with zero attached hydrogens (tertiary/aromatic N) is 4. The molecule has 1 rings (SSSR count). The lowest BCUT2D eigenvalue weighted by molar-refractivity contribution is -0.0233. The molecule has 0 saturated carbocycles. The van der Waals surface area contributed by atoms with Gasteiger partial charge in [-0.1, -0.05) is 240 Å². The minimum atomic E-state index is -0.325. The van der Waals surface area contributed by atoms with Gasteiger partial charge in [0.2, 0.25) is 0 Å². The average molecular weight is 1120 g/mol. The Morgan fingerprint density at radius 3 is 0.974 bits per heavy atom. The molecule has 0 aromatic rings. The molecule has 0 aliphatic carbocycles. The largest absolute Gasteiger partial charge is 0.392 e. The summed E-state index contributed by atoms with van der Waals surface area (Å²) in [5.74, 6) is 4.95. The fraction of sp³-hybridized carbons (Fsp3) is 1.00. The van der Waals surface area contributed by atoms with Gasteiger partial charge >= 0.3 is 0 Å². The predicted molar refractivity (Wildman–Crippen MR) is 338 cm³/mol. The average Bonchev–Trinajstić information content (AvgIpc) is 3.40. The first-order valence-corrected chi connectivity index (χ1v) is 35.6. The number of aliphatic hydroxyl groups is 3.